The lowest BCUT2D eigenvalue weighted by atomic mass is 9.96. The Morgan fingerprint density at radius 1 is 1.05 bits per heavy atom. The summed E-state index contributed by atoms with van der Waals surface area (Å²) < 4.78 is 27.4. The van der Waals surface area contributed by atoms with E-state index in [0.717, 1.165) is 68.3 Å². The molecule has 2 saturated heterocycles. The molecular formula is C30H44F2N8O3. The minimum Gasteiger partial charge on any atom is -0.396 e. The van der Waals surface area contributed by atoms with E-state index >= 15 is 0 Å². The van der Waals surface area contributed by atoms with E-state index in [9.17, 15) is 23.2 Å². The van der Waals surface area contributed by atoms with Crippen molar-refractivity contribution in [3.8, 4) is 0 Å². The maximum Gasteiger partial charge on any atom is 0.329 e. The highest BCUT2D eigenvalue weighted by molar-refractivity contribution is 6.00. The lowest BCUT2D eigenvalue weighted by molar-refractivity contribution is -0.135. The smallest absolute Gasteiger partial charge is 0.329 e. The van der Waals surface area contributed by atoms with E-state index in [0.29, 0.717) is 12.5 Å². The van der Waals surface area contributed by atoms with Gasteiger partial charge in [-0.25, -0.2) is 13.6 Å². The van der Waals surface area contributed by atoms with Crippen LogP contribution in [0.5, 0.6) is 0 Å². The zero-order chi connectivity index (χ0) is 31.3. The molecule has 3 heterocycles. The lowest BCUT2D eigenvalue weighted by Crippen LogP contribution is -2.44. The summed E-state index contributed by atoms with van der Waals surface area (Å²) in [5.41, 5.74) is 12.1. The number of halogens is 2. The molecule has 2 aromatic rings. The number of carbonyl (C=O) groups excluding carboxylic acids is 2. The number of alkyl halides is 2. The number of nitrogens with zero attached hydrogens (tertiary/aromatic N) is 5. The van der Waals surface area contributed by atoms with Crippen LogP contribution < -0.4 is 27.4 Å². The van der Waals surface area contributed by atoms with Crippen LogP contribution >= 0.6 is 0 Å². The number of piperidine rings is 2. The van der Waals surface area contributed by atoms with Gasteiger partial charge in [0, 0.05) is 38.8 Å². The van der Waals surface area contributed by atoms with Gasteiger partial charge in [0.2, 0.25) is 11.8 Å². The van der Waals surface area contributed by atoms with Crippen LogP contribution in [-0.4, -0.2) is 77.8 Å². The number of hydrogen-bond acceptors (Lipinski definition) is 8. The van der Waals surface area contributed by atoms with Gasteiger partial charge < -0.3 is 21.3 Å². The number of hydrogen-bond donors (Lipinski definition) is 3. The van der Waals surface area contributed by atoms with Crippen LogP contribution in [0.2, 0.25) is 0 Å². The summed E-state index contributed by atoms with van der Waals surface area (Å²) >= 11 is 0. The quantitative estimate of drug-likeness (QED) is 0.341. The second-order valence-corrected chi connectivity index (χ2v) is 11.8. The fourth-order valence-electron chi connectivity index (χ4n) is 6.14. The molecule has 0 radical (unpaired) electrons. The van der Waals surface area contributed by atoms with Gasteiger partial charge >= 0.3 is 5.69 Å². The average Bonchev–Trinajstić information content (AvgIpc) is 3.25. The molecule has 43 heavy (non-hydrogen) atoms. The van der Waals surface area contributed by atoms with Crippen LogP contribution in [0.3, 0.4) is 0 Å². The van der Waals surface area contributed by atoms with Crippen molar-refractivity contribution >= 4 is 34.7 Å². The summed E-state index contributed by atoms with van der Waals surface area (Å²) in [4.78, 5) is 45.7. The fraction of sp³-hybridized carbons (Fsp3) is 0.600. The third-order valence-electron chi connectivity index (χ3n) is 8.71. The van der Waals surface area contributed by atoms with Crippen molar-refractivity contribution in [3.63, 3.8) is 0 Å². The molecule has 1 aromatic heterocycles. The molecule has 3 fully saturated rings. The molecule has 1 saturated carbocycles. The molecule has 13 heteroatoms. The summed E-state index contributed by atoms with van der Waals surface area (Å²) in [5, 5.41) is 2.36. The number of carbonyl (C=O) groups is 2. The molecule has 5 rings (SSSR count). The summed E-state index contributed by atoms with van der Waals surface area (Å²) in [6.07, 6.45) is 6.87. The van der Waals surface area contributed by atoms with E-state index in [-0.39, 0.29) is 29.8 Å². The Morgan fingerprint density at radius 3 is 2.33 bits per heavy atom. The molecular weight excluding hydrogens is 558 g/mol. The minimum absolute atomic E-state index is 0.115. The van der Waals surface area contributed by atoms with Crippen LogP contribution in [0.4, 0.5) is 14.5 Å². The number of aryl methyl sites for hydroxylation is 1. The Labute approximate surface area is 250 Å². The van der Waals surface area contributed by atoms with Crippen molar-refractivity contribution in [2.24, 2.45) is 23.5 Å². The molecule has 2 aliphatic heterocycles. The van der Waals surface area contributed by atoms with Crippen LogP contribution in [0.1, 0.15) is 63.8 Å². The molecule has 236 valence electrons. The van der Waals surface area contributed by atoms with E-state index in [2.05, 4.69) is 34.2 Å². The molecule has 0 bridgehead atoms. The molecule has 2 amide bonds. The largest absolute Gasteiger partial charge is 0.396 e. The number of aromatic nitrogens is 2. The predicted octanol–water partition coefficient (Wildman–Crippen LogP) is 2.63. The zero-order valence-corrected chi connectivity index (χ0v) is 25.3. The molecule has 1 atom stereocenters. The van der Waals surface area contributed by atoms with E-state index < -0.39 is 24.1 Å². The van der Waals surface area contributed by atoms with E-state index in [4.69, 9.17) is 11.5 Å². The monoisotopic (exact) mass is 602 g/mol. The van der Waals surface area contributed by atoms with Gasteiger partial charge in [0.05, 0.1) is 34.2 Å². The first-order valence-corrected chi connectivity index (χ1v) is 15.0. The number of fused-ring (bicyclic) bond motifs is 1. The van der Waals surface area contributed by atoms with Gasteiger partial charge in [-0.1, -0.05) is 25.3 Å². The fourth-order valence-corrected chi connectivity index (χ4v) is 6.14. The Kier molecular flexibility index (Phi) is 10.6. The highest BCUT2D eigenvalue weighted by Gasteiger charge is 2.32. The van der Waals surface area contributed by atoms with Crippen molar-refractivity contribution in [2.45, 2.75) is 82.3 Å². The first-order chi connectivity index (χ1) is 20.5. The number of para-hydroxylation sites is 1. The van der Waals surface area contributed by atoms with E-state index in [1.165, 1.54) is 12.6 Å². The third kappa shape index (κ3) is 7.43. The number of nitrogens with two attached hydrogens (primary N) is 2. The Bertz CT molecular complexity index is 1420. The summed E-state index contributed by atoms with van der Waals surface area (Å²) in [6.45, 7) is 1.86. The minimum atomic E-state index is -2.71. The van der Waals surface area contributed by atoms with Crippen LogP contribution in [-0.2, 0) is 16.6 Å². The SMILES string of the molecule is CN(C)C1CCN(c2cccc3c2n(C)c(=O)n3C2CCC(=O)NC2=O)CC1.N/C(C=NC1CCCCC1)=C(/N)C(F)F. The highest BCUT2D eigenvalue weighted by Crippen LogP contribution is 2.31. The van der Waals surface area contributed by atoms with Crippen molar-refractivity contribution in [3.05, 3.63) is 40.1 Å². The number of anilines is 1. The predicted molar refractivity (Wildman–Crippen MR) is 164 cm³/mol. The van der Waals surface area contributed by atoms with Gasteiger partial charge in [-0.2, -0.15) is 0 Å². The number of rotatable bonds is 6. The number of imide groups is 1. The summed E-state index contributed by atoms with van der Waals surface area (Å²) in [5.74, 6) is -0.679. The Balaban J connectivity index is 0.000000239. The van der Waals surface area contributed by atoms with Crippen LogP contribution in [0.15, 0.2) is 39.4 Å². The third-order valence-corrected chi connectivity index (χ3v) is 8.71. The first kappa shape index (κ1) is 32.2. The molecule has 3 aliphatic rings. The normalized spacial score (nSPS) is 21.4. The standard InChI is InChI=1S/C20H27N5O3.C10H17F2N3/c1-22(2)13-9-11-24(12-10-13)14-5-4-6-15-18(14)23(3)20(28)25(15)16-7-8-17(26)21-19(16)27;11-10(12)9(14)8(13)6-15-7-4-2-1-3-5-7/h4-6,13,16H,7-12H2,1-3H3,(H,21,26,27);6-7,10H,1-5,13-14H2/b;9-8+,15-6?. The van der Waals surface area contributed by atoms with Crippen molar-refractivity contribution < 1.29 is 18.4 Å². The van der Waals surface area contributed by atoms with Crippen molar-refractivity contribution in [1.82, 2.24) is 19.4 Å². The van der Waals surface area contributed by atoms with Crippen LogP contribution in [0, 0.1) is 0 Å². The van der Waals surface area contributed by atoms with Crippen molar-refractivity contribution in [2.75, 3.05) is 32.1 Å². The van der Waals surface area contributed by atoms with E-state index in [1.807, 2.05) is 18.2 Å². The van der Waals surface area contributed by atoms with Gasteiger partial charge in [0.1, 0.15) is 6.04 Å². The Hall–Kier alpha value is -3.74. The number of imidazole rings is 1. The number of aliphatic imine (C=N–C) groups is 1. The second-order valence-electron chi connectivity index (χ2n) is 11.8. The number of benzene rings is 1. The van der Waals surface area contributed by atoms with Gasteiger partial charge in [-0.15, -0.1) is 0 Å². The first-order valence-electron chi connectivity index (χ1n) is 15.0. The van der Waals surface area contributed by atoms with Gasteiger partial charge in [0.25, 0.3) is 6.43 Å². The molecule has 1 aliphatic carbocycles. The lowest BCUT2D eigenvalue weighted by Gasteiger charge is -2.36. The summed E-state index contributed by atoms with van der Waals surface area (Å²) in [7, 11) is 5.98. The molecule has 11 nitrogen and oxygen atoms in total. The van der Waals surface area contributed by atoms with Crippen molar-refractivity contribution in [1.29, 1.82) is 0 Å². The van der Waals surface area contributed by atoms with Gasteiger partial charge in [-0.05, 0) is 58.3 Å². The zero-order valence-electron chi connectivity index (χ0n) is 25.3. The molecule has 1 unspecified atom stereocenters. The highest BCUT2D eigenvalue weighted by atomic mass is 19.3. The number of allylic oxidation sites excluding steroid dienone is 2. The molecule has 5 N–H and O–H groups in total. The number of amides is 2. The number of nitrogens with one attached hydrogen (secondary N) is 1. The maximum atomic E-state index is 13.0. The summed E-state index contributed by atoms with van der Waals surface area (Å²) in [6, 6.07) is 6.03. The molecule has 1 aromatic carbocycles. The Morgan fingerprint density at radius 2 is 1.72 bits per heavy atom. The van der Waals surface area contributed by atoms with Crippen LogP contribution in [0.25, 0.3) is 11.0 Å². The maximum absolute atomic E-state index is 13.0. The second kappa shape index (κ2) is 14.2. The van der Waals surface area contributed by atoms with Gasteiger partial charge in [0.15, 0.2) is 0 Å². The van der Waals surface area contributed by atoms with Gasteiger partial charge in [-0.3, -0.25) is 29.0 Å². The van der Waals surface area contributed by atoms with E-state index in [1.54, 1.807) is 16.2 Å². The average molecular weight is 603 g/mol. The molecule has 0 spiro atoms. The topological polar surface area (TPSA) is 144 Å².